The molecule has 3 aromatic rings. The van der Waals surface area contributed by atoms with Crippen LogP contribution >= 0.6 is 0 Å². The fraction of sp³-hybridized carbons (Fsp3) is 0.333. The van der Waals surface area contributed by atoms with E-state index in [1.54, 1.807) is 26.0 Å². The van der Waals surface area contributed by atoms with Crippen molar-refractivity contribution in [2.75, 3.05) is 24.5 Å². The number of sulfonamides is 1. The van der Waals surface area contributed by atoms with Gasteiger partial charge in [-0.25, -0.2) is 8.42 Å². The maximum absolute atomic E-state index is 12.7. The molecule has 1 fully saturated rings. The highest BCUT2D eigenvalue weighted by molar-refractivity contribution is 7.89. The first-order valence-corrected chi connectivity index (χ1v) is 12.7. The molecule has 1 aromatic heterocycles. The van der Waals surface area contributed by atoms with E-state index in [1.807, 2.05) is 30.3 Å². The quantitative estimate of drug-likeness (QED) is 0.413. The number of hydrogen-bond donors (Lipinski definition) is 0. The highest BCUT2D eigenvalue weighted by Crippen LogP contribution is 2.28. The van der Waals surface area contributed by atoms with Gasteiger partial charge in [-0.05, 0) is 36.4 Å². The van der Waals surface area contributed by atoms with E-state index in [9.17, 15) is 18.0 Å². The molecule has 2 heterocycles. The van der Waals surface area contributed by atoms with E-state index >= 15 is 0 Å². The third-order valence-electron chi connectivity index (χ3n) is 5.78. The lowest BCUT2D eigenvalue weighted by Crippen LogP contribution is -2.30. The van der Waals surface area contributed by atoms with Crippen molar-refractivity contribution in [1.82, 2.24) is 14.5 Å². The van der Waals surface area contributed by atoms with Crippen LogP contribution < -0.4 is 4.90 Å². The number of esters is 1. The standard InChI is InChI=1S/C24H26N4O6S/c1-3-27(4-2)35(31,32)20-12-10-19(11-13-20)28-15-18(14-22(28)29)24(30)33-16-21-25-26-23(34-21)17-8-6-5-7-9-17/h5-13,18H,3-4,14-16H2,1-2H3/t18-/m1/s1. The van der Waals surface area contributed by atoms with E-state index in [-0.39, 0.29) is 36.3 Å². The van der Waals surface area contributed by atoms with E-state index < -0.39 is 21.9 Å². The highest BCUT2D eigenvalue weighted by Gasteiger charge is 2.36. The molecule has 1 amide bonds. The molecule has 0 bridgehead atoms. The number of hydrogen-bond acceptors (Lipinski definition) is 8. The van der Waals surface area contributed by atoms with Crippen LogP contribution in [0.4, 0.5) is 5.69 Å². The van der Waals surface area contributed by atoms with Crippen LogP contribution in [0.3, 0.4) is 0 Å². The minimum atomic E-state index is -3.59. The SMILES string of the molecule is CCN(CC)S(=O)(=O)c1ccc(N2C[C@H](C(=O)OCc3nnc(-c4ccccc4)o3)CC2=O)cc1. The summed E-state index contributed by atoms with van der Waals surface area (Å²) in [4.78, 5) is 26.7. The van der Waals surface area contributed by atoms with Crippen molar-refractivity contribution in [3.05, 3.63) is 60.5 Å². The summed E-state index contributed by atoms with van der Waals surface area (Å²) in [6.07, 6.45) is -0.00255. The van der Waals surface area contributed by atoms with Crippen LogP contribution in [0.1, 0.15) is 26.2 Å². The van der Waals surface area contributed by atoms with Crippen molar-refractivity contribution in [2.45, 2.75) is 31.8 Å². The van der Waals surface area contributed by atoms with Gasteiger partial charge in [-0.2, -0.15) is 4.31 Å². The van der Waals surface area contributed by atoms with Crippen molar-refractivity contribution in [3.63, 3.8) is 0 Å². The van der Waals surface area contributed by atoms with Gasteiger partial charge >= 0.3 is 5.97 Å². The van der Waals surface area contributed by atoms with Gasteiger partial charge in [-0.3, -0.25) is 9.59 Å². The van der Waals surface area contributed by atoms with Gasteiger partial charge in [-0.1, -0.05) is 32.0 Å². The van der Waals surface area contributed by atoms with Crippen LogP contribution in [0.5, 0.6) is 0 Å². The summed E-state index contributed by atoms with van der Waals surface area (Å²) >= 11 is 0. The largest absolute Gasteiger partial charge is 0.455 e. The van der Waals surface area contributed by atoms with Crippen LogP contribution in [0.15, 0.2) is 63.9 Å². The molecule has 0 spiro atoms. The van der Waals surface area contributed by atoms with Crippen molar-refractivity contribution < 1.29 is 27.2 Å². The Balaban J connectivity index is 1.36. The number of nitrogens with zero attached hydrogens (tertiary/aromatic N) is 4. The molecule has 0 aliphatic carbocycles. The molecule has 2 aromatic carbocycles. The van der Waals surface area contributed by atoms with Crippen molar-refractivity contribution >= 4 is 27.6 Å². The van der Waals surface area contributed by atoms with Crippen LogP contribution in [0, 0.1) is 5.92 Å². The van der Waals surface area contributed by atoms with Gasteiger partial charge in [-0.15, -0.1) is 10.2 Å². The lowest BCUT2D eigenvalue weighted by molar-refractivity contribution is -0.150. The second-order valence-corrected chi connectivity index (χ2v) is 9.90. The summed E-state index contributed by atoms with van der Waals surface area (Å²) in [6, 6.07) is 15.3. The Bertz CT molecular complexity index is 1290. The summed E-state index contributed by atoms with van der Waals surface area (Å²) < 4.78 is 37.6. The summed E-state index contributed by atoms with van der Waals surface area (Å²) in [5.74, 6) is -0.955. The molecule has 0 unspecified atom stereocenters. The van der Waals surface area contributed by atoms with Crippen LogP contribution in [0.2, 0.25) is 0 Å². The minimum absolute atomic E-state index is 0.00255. The second-order valence-electron chi connectivity index (χ2n) is 7.96. The summed E-state index contributed by atoms with van der Waals surface area (Å²) in [5.41, 5.74) is 1.28. The van der Waals surface area contributed by atoms with Gasteiger partial charge in [0, 0.05) is 37.3 Å². The predicted molar refractivity (Wildman–Crippen MR) is 127 cm³/mol. The predicted octanol–water partition coefficient (Wildman–Crippen LogP) is 2.86. The van der Waals surface area contributed by atoms with Crippen molar-refractivity contribution in [2.24, 2.45) is 5.92 Å². The van der Waals surface area contributed by atoms with E-state index in [0.29, 0.717) is 24.7 Å². The molecule has 11 heteroatoms. The van der Waals surface area contributed by atoms with Gasteiger partial charge in [0.05, 0.1) is 10.8 Å². The second kappa shape index (κ2) is 10.4. The number of carbonyl (C=O) groups is 2. The third kappa shape index (κ3) is 5.25. The van der Waals surface area contributed by atoms with E-state index in [2.05, 4.69) is 10.2 Å². The number of anilines is 1. The topological polar surface area (TPSA) is 123 Å². The summed E-state index contributed by atoms with van der Waals surface area (Å²) in [5, 5.41) is 7.85. The van der Waals surface area contributed by atoms with Crippen LogP contribution in [0.25, 0.3) is 11.5 Å². The number of rotatable bonds is 9. The Kier molecular flexibility index (Phi) is 7.27. The zero-order valence-corrected chi connectivity index (χ0v) is 20.3. The molecule has 0 N–H and O–H groups in total. The van der Waals surface area contributed by atoms with E-state index in [1.165, 1.54) is 21.3 Å². The third-order valence-corrected chi connectivity index (χ3v) is 7.84. The van der Waals surface area contributed by atoms with Gasteiger partial charge in [0.25, 0.3) is 5.89 Å². The number of benzene rings is 2. The average molecular weight is 499 g/mol. The number of carbonyl (C=O) groups excluding carboxylic acids is 2. The number of amides is 1. The maximum Gasteiger partial charge on any atom is 0.311 e. The smallest absolute Gasteiger partial charge is 0.311 e. The fourth-order valence-electron chi connectivity index (χ4n) is 3.89. The molecule has 10 nitrogen and oxygen atoms in total. The molecule has 0 saturated carbocycles. The Labute approximate surface area is 203 Å². The molecular weight excluding hydrogens is 472 g/mol. The molecule has 1 aliphatic rings. The van der Waals surface area contributed by atoms with E-state index in [0.717, 1.165) is 5.56 Å². The molecule has 1 aliphatic heterocycles. The Morgan fingerprint density at radius 3 is 2.43 bits per heavy atom. The van der Waals surface area contributed by atoms with Gasteiger partial charge in [0.15, 0.2) is 6.61 Å². The number of ether oxygens (including phenoxy) is 1. The molecular formula is C24H26N4O6S. The molecule has 1 saturated heterocycles. The molecule has 1 atom stereocenters. The zero-order chi connectivity index (χ0) is 25.0. The van der Waals surface area contributed by atoms with Crippen molar-refractivity contribution in [1.29, 1.82) is 0 Å². The van der Waals surface area contributed by atoms with Gasteiger partial charge in [0.2, 0.25) is 21.8 Å². The Hall–Kier alpha value is -3.57. The van der Waals surface area contributed by atoms with E-state index in [4.69, 9.17) is 9.15 Å². The molecule has 4 rings (SSSR count). The molecule has 0 radical (unpaired) electrons. The first-order chi connectivity index (χ1) is 16.8. The first kappa shape index (κ1) is 24.6. The van der Waals surface area contributed by atoms with Crippen LogP contribution in [-0.2, 0) is 31.0 Å². The molecule has 35 heavy (non-hydrogen) atoms. The summed E-state index contributed by atoms with van der Waals surface area (Å²) in [7, 11) is -3.59. The van der Waals surface area contributed by atoms with Gasteiger partial charge < -0.3 is 14.1 Å². The Morgan fingerprint density at radius 2 is 1.77 bits per heavy atom. The lowest BCUT2D eigenvalue weighted by Gasteiger charge is -2.20. The van der Waals surface area contributed by atoms with Crippen molar-refractivity contribution in [3.8, 4) is 11.5 Å². The minimum Gasteiger partial charge on any atom is -0.455 e. The van der Waals surface area contributed by atoms with Gasteiger partial charge in [0.1, 0.15) is 0 Å². The highest BCUT2D eigenvalue weighted by atomic mass is 32.2. The first-order valence-electron chi connectivity index (χ1n) is 11.3. The monoisotopic (exact) mass is 498 g/mol. The van der Waals surface area contributed by atoms with Crippen LogP contribution in [-0.4, -0.2) is 54.4 Å². The summed E-state index contributed by atoms with van der Waals surface area (Å²) in [6.45, 7) is 4.23. The fourth-order valence-corrected chi connectivity index (χ4v) is 5.34. The maximum atomic E-state index is 12.7. The number of aromatic nitrogens is 2. The zero-order valence-electron chi connectivity index (χ0n) is 19.5. The Morgan fingerprint density at radius 1 is 1.09 bits per heavy atom. The average Bonchev–Trinajstić information content (AvgIpc) is 3.51. The normalized spacial score (nSPS) is 16.1. The lowest BCUT2D eigenvalue weighted by atomic mass is 10.1. The molecule has 184 valence electrons.